The molecule has 0 fully saturated rings. The Morgan fingerprint density at radius 1 is 1.11 bits per heavy atom. The van der Waals surface area contributed by atoms with E-state index >= 15 is 0 Å². The van der Waals surface area contributed by atoms with Gasteiger partial charge in [0.05, 0.1) is 36.3 Å². The van der Waals surface area contributed by atoms with Crippen LogP contribution >= 0.6 is 0 Å². The van der Waals surface area contributed by atoms with Crippen LogP contribution in [0.3, 0.4) is 0 Å². The highest BCUT2D eigenvalue weighted by Gasteiger charge is 2.42. The normalized spacial score (nSPS) is 15.5. The molecule has 0 amide bonds. The first-order valence-corrected chi connectivity index (χ1v) is 8.83. The summed E-state index contributed by atoms with van der Waals surface area (Å²) in [5, 5.41) is 9.67. The number of hydrogen-bond donors (Lipinski definition) is 0. The second kappa shape index (κ2) is 8.03. The monoisotopic (exact) mass is 384 g/mol. The molecule has 1 unspecified atom stereocenters. The zero-order valence-corrected chi connectivity index (χ0v) is 15.8. The summed E-state index contributed by atoms with van der Waals surface area (Å²) in [6.45, 7) is 3.48. The minimum absolute atomic E-state index is 0.0675. The summed E-state index contributed by atoms with van der Waals surface area (Å²) >= 11 is 0. The molecule has 1 aromatic carbocycles. The van der Waals surface area contributed by atoms with Crippen molar-refractivity contribution in [2.75, 3.05) is 25.3 Å². The molecule has 0 N–H and O–H groups in total. The van der Waals surface area contributed by atoms with Crippen LogP contribution in [0.4, 0.5) is 5.69 Å². The van der Waals surface area contributed by atoms with Gasteiger partial charge in [0.2, 0.25) is 0 Å². The van der Waals surface area contributed by atoms with Crippen molar-refractivity contribution in [2.45, 2.75) is 19.8 Å². The van der Waals surface area contributed by atoms with Crippen LogP contribution in [0, 0.1) is 0 Å². The van der Waals surface area contributed by atoms with Crippen molar-refractivity contribution >= 4 is 23.3 Å². The third-order valence-corrected chi connectivity index (χ3v) is 4.17. The Balaban J connectivity index is 2.22. The van der Waals surface area contributed by atoms with E-state index in [2.05, 4.69) is 10.2 Å². The number of ether oxygens (including phenoxy) is 2. The van der Waals surface area contributed by atoms with E-state index in [0.717, 1.165) is 0 Å². The fourth-order valence-electron chi connectivity index (χ4n) is 2.97. The molecule has 2 aromatic rings. The number of anilines is 1. The van der Waals surface area contributed by atoms with E-state index in [4.69, 9.17) is 9.47 Å². The molecule has 3 rings (SSSR count). The smallest absolute Gasteiger partial charge is 0.355 e. The van der Waals surface area contributed by atoms with Crippen LogP contribution in [-0.2, 0) is 19.1 Å². The van der Waals surface area contributed by atoms with Gasteiger partial charge in [-0.05, 0) is 26.0 Å². The second-order valence-electron chi connectivity index (χ2n) is 5.91. The molecule has 0 bridgehead atoms. The van der Waals surface area contributed by atoms with Gasteiger partial charge in [-0.25, -0.2) is 4.79 Å². The van der Waals surface area contributed by atoms with Gasteiger partial charge < -0.3 is 9.47 Å². The summed E-state index contributed by atoms with van der Waals surface area (Å²) < 4.78 is 11.3. The molecule has 0 aliphatic carbocycles. The number of carbonyl (C=O) groups is 2. The first-order valence-electron chi connectivity index (χ1n) is 8.83. The van der Waals surface area contributed by atoms with Gasteiger partial charge in [0.25, 0.3) is 5.56 Å². The maximum absolute atomic E-state index is 13.3. The van der Waals surface area contributed by atoms with E-state index in [0.29, 0.717) is 11.4 Å². The molecule has 1 aliphatic rings. The Bertz CT molecular complexity index is 984. The van der Waals surface area contributed by atoms with E-state index < -0.39 is 23.4 Å². The number of carbonyl (C=O) groups excluding carboxylic acids is 2. The highest BCUT2D eigenvalue weighted by atomic mass is 16.5. The lowest BCUT2D eigenvalue weighted by Crippen LogP contribution is -2.42. The van der Waals surface area contributed by atoms with Crippen molar-refractivity contribution in [1.29, 1.82) is 0 Å². The first kappa shape index (κ1) is 19.3. The van der Waals surface area contributed by atoms with Crippen LogP contribution in [0.15, 0.2) is 46.4 Å². The maximum atomic E-state index is 13.3. The number of esters is 2. The number of hydrazone groups is 1. The summed E-state index contributed by atoms with van der Waals surface area (Å²) in [6.07, 6.45) is 1.43. The van der Waals surface area contributed by atoms with Gasteiger partial charge in [-0.3, -0.25) is 14.6 Å². The molecular formula is C19H20N4O5. The van der Waals surface area contributed by atoms with Crippen molar-refractivity contribution in [3.63, 3.8) is 0 Å². The van der Waals surface area contributed by atoms with Crippen LogP contribution in [0.1, 0.15) is 25.3 Å². The van der Waals surface area contributed by atoms with Gasteiger partial charge >= 0.3 is 11.9 Å². The molecular weight excluding hydrogens is 364 g/mol. The summed E-state index contributed by atoms with van der Waals surface area (Å²) in [4.78, 5) is 38.4. The minimum atomic E-state index is -1.30. The van der Waals surface area contributed by atoms with Gasteiger partial charge in [-0.2, -0.15) is 14.9 Å². The summed E-state index contributed by atoms with van der Waals surface area (Å²) in [7, 11) is 1.56. The number of para-hydroxylation sites is 1. The van der Waals surface area contributed by atoms with Crippen molar-refractivity contribution < 1.29 is 19.1 Å². The highest BCUT2D eigenvalue weighted by Crippen LogP contribution is 2.31. The molecule has 28 heavy (non-hydrogen) atoms. The minimum Gasteiger partial charge on any atom is -0.465 e. The quantitative estimate of drug-likeness (QED) is 0.715. The molecule has 0 saturated carbocycles. The molecule has 9 nitrogen and oxygen atoms in total. The Morgan fingerprint density at radius 2 is 1.79 bits per heavy atom. The summed E-state index contributed by atoms with van der Waals surface area (Å²) in [6, 6.07) is 8.78. The molecule has 146 valence electrons. The first-order chi connectivity index (χ1) is 13.5. The van der Waals surface area contributed by atoms with E-state index in [9.17, 15) is 14.4 Å². The average Bonchev–Trinajstić information content (AvgIpc) is 2.69. The Morgan fingerprint density at radius 3 is 2.43 bits per heavy atom. The molecule has 0 radical (unpaired) electrons. The van der Waals surface area contributed by atoms with Crippen LogP contribution in [-0.4, -0.2) is 47.7 Å². The van der Waals surface area contributed by atoms with Crippen LogP contribution in [0.25, 0.3) is 5.69 Å². The fourth-order valence-corrected chi connectivity index (χ4v) is 2.97. The standard InChI is InChI=1S/C19H20N4O5/c1-4-27-18(25)15-14-13(22(3)21-16(15)19(26)28-5-2)11-20-23(17(14)24)12-9-7-6-8-10-12/h6-11,15H,4-5H2,1-3H3. The zero-order chi connectivity index (χ0) is 20.3. The number of benzene rings is 1. The van der Waals surface area contributed by atoms with Gasteiger partial charge in [-0.1, -0.05) is 18.2 Å². The fraction of sp³-hybridized carbons (Fsp3) is 0.316. The molecule has 1 atom stereocenters. The van der Waals surface area contributed by atoms with E-state index in [1.165, 1.54) is 15.9 Å². The van der Waals surface area contributed by atoms with Gasteiger partial charge in [0, 0.05) is 7.05 Å². The number of hydrogen-bond acceptors (Lipinski definition) is 8. The second-order valence-corrected chi connectivity index (χ2v) is 5.91. The number of fused-ring (bicyclic) bond motifs is 1. The average molecular weight is 384 g/mol. The van der Waals surface area contributed by atoms with Crippen molar-refractivity contribution in [2.24, 2.45) is 5.10 Å². The molecule has 2 heterocycles. The van der Waals surface area contributed by atoms with E-state index in [1.54, 1.807) is 45.2 Å². The Labute approximate surface area is 161 Å². The van der Waals surface area contributed by atoms with Gasteiger partial charge in [-0.15, -0.1) is 0 Å². The third-order valence-electron chi connectivity index (χ3n) is 4.17. The van der Waals surface area contributed by atoms with Gasteiger partial charge in [0.1, 0.15) is 5.92 Å². The third kappa shape index (κ3) is 3.38. The Hall–Kier alpha value is -3.49. The highest BCUT2D eigenvalue weighted by molar-refractivity contribution is 6.43. The predicted molar refractivity (Wildman–Crippen MR) is 102 cm³/mol. The lowest BCUT2D eigenvalue weighted by atomic mass is 9.92. The van der Waals surface area contributed by atoms with Crippen molar-refractivity contribution in [3.8, 4) is 5.69 Å². The number of rotatable bonds is 5. The van der Waals surface area contributed by atoms with E-state index in [-0.39, 0.29) is 24.5 Å². The molecule has 1 aromatic heterocycles. The lowest BCUT2D eigenvalue weighted by molar-refractivity contribution is -0.144. The van der Waals surface area contributed by atoms with Crippen molar-refractivity contribution in [3.05, 3.63) is 52.4 Å². The number of nitrogens with zero attached hydrogens (tertiary/aromatic N) is 4. The molecule has 0 spiro atoms. The number of aromatic nitrogens is 2. The SMILES string of the molecule is CCOC(=O)C1=NN(C)c2cnn(-c3ccccc3)c(=O)c2C1C(=O)OCC. The van der Waals surface area contributed by atoms with Gasteiger partial charge in [0.15, 0.2) is 5.71 Å². The maximum Gasteiger partial charge on any atom is 0.355 e. The van der Waals surface area contributed by atoms with Crippen molar-refractivity contribution in [1.82, 2.24) is 9.78 Å². The zero-order valence-electron chi connectivity index (χ0n) is 15.8. The molecule has 1 aliphatic heterocycles. The molecule has 9 heteroatoms. The summed E-state index contributed by atoms with van der Waals surface area (Å²) in [5.74, 6) is -2.82. The summed E-state index contributed by atoms with van der Waals surface area (Å²) in [5.41, 5.74) is 0.186. The lowest BCUT2D eigenvalue weighted by Gasteiger charge is -2.28. The van der Waals surface area contributed by atoms with Crippen LogP contribution in [0.2, 0.25) is 0 Å². The predicted octanol–water partition coefficient (Wildman–Crippen LogP) is 1.25. The Kier molecular flexibility index (Phi) is 5.53. The molecule has 0 saturated heterocycles. The van der Waals surface area contributed by atoms with Crippen LogP contribution < -0.4 is 10.6 Å². The topological polar surface area (TPSA) is 103 Å². The van der Waals surface area contributed by atoms with Crippen LogP contribution in [0.5, 0.6) is 0 Å². The van der Waals surface area contributed by atoms with E-state index in [1.807, 2.05) is 6.07 Å². The largest absolute Gasteiger partial charge is 0.465 e.